The van der Waals surface area contributed by atoms with Crippen LogP contribution in [0.3, 0.4) is 0 Å². The minimum absolute atomic E-state index is 0.197. The molecule has 0 radical (unpaired) electrons. The van der Waals surface area contributed by atoms with E-state index in [4.69, 9.17) is 15.6 Å². The Morgan fingerprint density at radius 3 is 2.53 bits per heavy atom. The van der Waals surface area contributed by atoms with Crippen molar-refractivity contribution in [3.8, 4) is 0 Å². The Hall–Kier alpha value is -1.10. The van der Waals surface area contributed by atoms with Crippen molar-refractivity contribution in [3.05, 3.63) is 0 Å². The topological polar surface area (TPSA) is 89.6 Å². The number of ether oxygens (including phenoxy) is 1. The summed E-state index contributed by atoms with van der Waals surface area (Å²) in [6.45, 7) is 3.83. The molecule has 0 rings (SSSR count). The lowest BCUT2D eigenvalue weighted by Crippen LogP contribution is -2.36. The molecule has 0 saturated carbocycles. The van der Waals surface area contributed by atoms with Gasteiger partial charge in [0.15, 0.2) is 0 Å². The molecule has 0 spiro atoms. The van der Waals surface area contributed by atoms with E-state index in [9.17, 15) is 9.59 Å². The molecule has 5 heteroatoms. The first-order chi connectivity index (χ1) is 6.97. The Kier molecular flexibility index (Phi) is 6.70. The highest BCUT2D eigenvalue weighted by Gasteiger charge is 2.20. The summed E-state index contributed by atoms with van der Waals surface area (Å²) >= 11 is 0. The summed E-state index contributed by atoms with van der Waals surface area (Å²) in [6.07, 6.45) is 2.20. The van der Waals surface area contributed by atoms with Crippen molar-refractivity contribution in [2.24, 2.45) is 5.73 Å². The van der Waals surface area contributed by atoms with Gasteiger partial charge in [-0.3, -0.25) is 9.59 Å². The van der Waals surface area contributed by atoms with E-state index in [1.54, 1.807) is 6.92 Å². The Bertz CT molecular complexity index is 217. The van der Waals surface area contributed by atoms with Gasteiger partial charge in [0.2, 0.25) is 0 Å². The molecule has 0 aromatic rings. The summed E-state index contributed by atoms with van der Waals surface area (Å²) in [7, 11) is 0. The van der Waals surface area contributed by atoms with Crippen LogP contribution >= 0.6 is 0 Å². The van der Waals surface area contributed by atoms with Crippen molar-refractivity contribution in [3.63, 3.8) is 0 Å². The molecule has 0 aliphatic carbocycles. The van der Waals surface area contributed by atoms with E-state index in [2.05, 4.69) is 0 Å². The summed E-state index contributed by atoms with van der Waals surface area (Å²) in [5.41, 5.74) is 5.34. The predicted molar refractivity (Wildman–Crippen MR) is 55.3 cm³/mol. The molecule has 0 heterocycles. The third kappa shape index (κ3) is 6.90. The monoisotopic (exact) mass is 217 g/mol. The second-order valence-electron chi connectivity index (χ2n) is 3.59. The summed E-state index contributed by atoms with van der Waals surface area (Å²) in [6, 6.07) is -1.06. The van der Waals surface area contributed by atoms with Gasteiger partial charge in [0.25, 0.3) is 0 Å². The Morgan fingerprint density at radius 1 is 1.47 bits per heavy atom. The molecule has 0 amide bonds. The third-order valence-corrected chi connectivity index (χ3v) is 1.98. The van der Waals surface area contributed by atoms with Gasteiger partial charge < -0.3 is 15.6 Å². The van der Waals surface area contributed by atoms with Crippen LogP contribution in [0.1, 0.15) is 39.5 Å². The summed E-state index contributed by atoms with van der Waals surface area (Å²) < 4.78 is 4.99. The highest BCUT2D eigenvalue weighted by Crippen LogP contribution is 2.05. The molecule has 0 fully saturated rings. The van der Waals surface area contributed by atoms with Gasteiger partial charge in [-0.2, -0.15) is 0 Å². The maximum Gasteiger partial charge on any atom is 0.323 e. The standard InChI is InChI=1S/C10H19NO4/c1-3-4-5-7(2)15-10(14)8(11)6-9(12)13/h7-8H,3-6,11H2,1-2H3,(H,12,13)/t7?,8-/m0/s1. The summed E-state index contributed by atoms with van der Waals surface area (Å²) in [5.74, 6) is -1.73. The molecular formula is C10H19NO4. The Balaban J connectivity index is 3.85. The van der Waals surface area contributed by atoms with Gasteiger partial charge in [-0.05, 0) is 13.3 Å². The Morgan fingerprint density at radius 2 is 2.07 bits per heavy atom. The first-order valence-corrected chi connectivity index (χ1v) is 5.15. The molecule has 88 valence electrons. The predicted octanol–water partition coefficient (Wildman–Crippen LogP) is 0.910. The lowest BCUT2D eigenvalue weighted by atomic mass is 10.2. The van der Waals surface area contributed by atoms with Crippen molar-refractivity contribution in [2.45, 2.75) is 51.7 Å². The SMILES string of the molecule is CCCCC(C)OC(=O)[C@@H](N)CC(=O)O. The molecule has 3 N–H and O–H groups in total. The molecule has 1 unspecified atom stereocenters. The minimum Gasteiger partial charge on any atom is -0.481 e. The van der Waals surface area contributed by atoms with Crippen LogP contribution in [-0.4, -0.2) is 29.2 Å². The number of rotatable bonds is 7. The highest BCUT2D eigenvalue weighted by molar-refractivity contribution is 5.81. The lowest BCUT2D eigenvalue weighted by molar-refractivity contribution is -0.153. The molecular weight excluding hydrogens is 198 g/mol. The lowest BCUT2D eigenvalue weighted by Gasteiger charge is -2.15. The van der Waals surface area contributed by atoms with E-state index in [1.165, 1.54) is 0 Å². The van der Waals surface area contributed by atoms with Gasteiger partial charge in [-0.25, -0.2) is 0 Å². The number of nitrogens with two attached hydrogens (primary N) is 1. The van der Waals surface area contributed by atoms with Crippen LogP contribution in [0.5, 0.6) is 0 Å². The summed E-state index contributed by atoms with van der Waals surface area (Å²) in [4.78, 5) is 21.5. The first kappa shape index (κ1) is 13.9. The van der Waals surface area contributed by atoms with Gasteiger partial charge in [0.1, 0.15) is 6.04 Å². The molecule has 0 saturated heterocycles. The van der Waals surface area contributed by atoms with E-state index in [0.717, 1.165) is 19.3 Å². The fraction of sp³-hybridized carbons (Fsp3) is 0.800. The van der Waals surface area contributed by atoms with Crippen molar-refractivity contribution in [1.82, 2.24) is 0 Å². The van der Waals surface area contributed by atoms with Crippen LogP contribution in [0.4, 0.5) is 0 Å². The number of unbranched alkanes of at least 4 members (excludes halogenated alkanes) is 1. The van der Waals surface area contributed by atoms with Crippen LogP contribution in [0.2, 0.25) is 0 Å². The van der Waals surface area contributed by atoms with Crippen LogP contribution in [0.15, 0.2) is 0 Å². The van der Waals surface area contributed by atoms with Crippen molar-refractivity contribution < 1.29 is 19.4 Å². The average Bonchev–Trinajstić information content (AvgIpc) is 2.13. The van der Waals surface area contributed by atoms with Gasteiger partial charge in [0, 0.05) is 0 Å². The second kappa shape index (κ2) is 7.23. The van der Waals surface area contributed by atoms with Gasteiger partial charge in [-0.1, -0.05) is 19.8 Å². The number of esters is 1. The summed E-state index contributed by atoms with van der Waals surface area (Å²) in [5, 5.41) is 8.42. The zero-order chi connectivity index (χ0) is 11.8. The number of hydrogen-bond acceptors (Lipinski definition) is 4. The van der Waals surface area contributed by atoms with Gasteiger partial charge >= 0.3 is 11.9 Å². The normalized spacial score (nSPS) is 14.3. The number of aliphatic carboxylic acids is 1. The average molecular weight is 217 g/mol. The molecule has 5 nitrogen and oxygen atoms in total. The second-order valence-corrected chi connectivity index (χ2v) is 3.59. The van der Waals surface area contributed by atoms with E-state index in [0.29, 0.717) is 0 Å². The molecule has 0 aliphatic rings. The number of carboxylic acids is 1. The number of hydrogen-bond donors (Lipinski definition) is 2. The van der Waals surface area contributed by atoms with Gasteiger partial charge in [-0.15, -0.1) is 0 Å². The van der Waals surface area contributed by atoms with Gasteiger partial charge in [0.05, 0.1) is 12.5 Å². The smallest absolute Gasteiger partial charge is 0.323 e. The molecule has 0 aliphatic heterocycles. The van der Waals surface area contributed by atoms with E-state index < -0.39 is 18.0 Å². The molecule has 2 atom stereocenters. The highest BCUT2D eigenvalue weighted by atomic mass is 16.5. The zero-order valence-electron chi connectivity index (χ0n) is 9.23. The van der Waals surface area contributed by atoms with Crippen LogP contribution in [0, 0.1) is 0 Å². The van der Waals surface area contributed by atoms with E-state index in [-0.39, 0.29) is 12.5 Å². The Labute approximate surface area is 89.6 Å². The van der Waals surface area contributed by atoms with Crippen LogP contribution in [-0.2, 0) is 14.3 Å². The number of carbonyl (C=O) groups excluding carboxylic acids is 1. The third-order valence-electron chi connectivity index (χ3n) is 1.98. The molecule has 0 bridgehead atoms. The number of carboxylic acid groups (broad SMARTS) is 1. The number of carbonyl (C=O) groups is 2. The van der Waals surface area contributed by atoms with Crippen molar-refractivity contribution in [2.75, 3.05) is 0 Å². The molecule has 0 aromatic heterocycles. The quantitative estimate of drug-likeness (QED) is 0.619. The first-order valence-electron chi connectivity index (χ1n) is 5.15. The maximum atomic E-state index is 11.2. The fourth-order valence-corrected chi connectivity index (χ4v) is 1.11. The largest absolute Gasteiger partial charge is 0.481 e. The van der Waals surface area contributed by atoms with Crippen molar-refractivity contribution >= 4 is 11.9 Å². The zero-order valence-corrected chi connectivity index (χ0v) is 9.23. The van der Waals surface area contributed by atoms with E-state index >= 15 is 0 Å². The van der Waals surface area contributed by atoms with Crippen LogP contribution < -0.4 is 5.73 Å². The van der Waals surface area contributed by atoms with Crippen molar-refractivity contribution in [1.29, 1.82) is 0 Å². The minimum atomic E-state index is -1.10. The van der Waals surface area contributed by atoms with Crippen LogP contribution in [0.25, 0.3) is 0 Å². The fourth-order valence-electron chi connectivity index (χ4n) is 1.11. The van der Waals surface area contributed by atoms with E-state index in [1.807, 2.05) is 6.92 Å². The molecule has 0 aromatic carbocycles. The maximum absolute atomic E-state index is 11.2. The molecule has 15 heavy (non-hydrogen) atoms.